The van der Waals surface area contributed by atoms with Gasteiger partial charge in [0.05, 0.1) is 5.69 Å². The summed E-state index contributed by atoms with van der Waals surface area (Å²) < 4.78 is 5.25. The van der Waals surface area contributed by atoms with E-state index in [1.54, 1.807) is 23.1 Å². The lowest BCUT2D eigenvalue weighted by atomic mass is 10.0. The molecule has 1 aliphatic heterocycles. The van der Waals surface area contributed by atoms with Gasteiger partial charge in [-0.2, -0.15) is 0 Å². The maximum absolute atomic E-state index is 12.2. The van der Waals surface area contributed by atoms with E-state index in [0.29, 0.717) is 30.1 Å². The lowest BCUT2D eigenvalue weighted by molar-refractivity contribution is -0.130. The van der Waals surface area contributed by atoms with Crippen molar-refractivity contribution in [1.29, 1.82) is 0 Å². The number of hydrogen-bond acceptors (Lipinski definition) is 4. The Morgan fingerprint density at radius 1 is 1.23 bits per heavy atom. The van der Waals surface area contributed by atoms with Crippen LogP contribution in [0, 0.1) is 0 Å². The number of ether oxygens (including phenoxy) is 1. The molecule has 0 fully saturated rings. The summed E-state index contributed by atoms with van der Waals surface area (Å²) in [6.07, 6.45) is 0.351. The molecule has 1 aliphatic rings. The largest absolute Gasteiger partial charge is 0.482 e. The number of nitrogens with one attached hydrogen (secondary N) is 1. The van der Waals surface area contributed by atoms with Gasteiger partial charge in [-0.15, -0.1) is 0 Å². The van der Waals surface area contributed by atoms with Gasteiger partial charge in [-0.05, 0) is 32.0 Å². The van der Waals surface area contributed by atoms with Crippen molar-refractivity contribution in [1.82, 2.24) is 4.90 Å². The topological polar surface area (TPSA) is 75.7 Å². The van der Waals surface area contributed by atoms with E-state index in [1.807, 2.05) is 13.8 Å². The number of carbonyl (C=O) groups is 3. The summed E-state index contributed by atoms with van der Waals surface area (Å²) in [5, 5.41) is 2.67. The molecule has 1 N–H and O–H groups in total. The van der Waals surface area contributed by atoms with Crippen LogP contribution in [0.25, 0.3) is 0 Å². The predicted molar refractivity (Wildman–Crippen MR) is 82.1 cm³/mol. The van der Waals surface area contributed by atoms with E-state index in [1.165, 1.54) is 0 Å². The second kappa shape index (κ2) is 7.06. The van der Waals surface area contributed by atoms with Gasteiger partial charge in [-0.1, -0.05) is 0 Å². The van der Waals surface area contributed by atoms with Crippen molar-refractivity contribution >= 4 is 23.3 Å². The fourth-order valence-corrected chi connectivity index (χ4v) is 2.36. The minimum absolute atomic E-state index is 0.0152. The van der Waals surface area contributed by atoms with Crippen LogP contribution in [0.15, 0.2) is 18.2 Å². The Bertz CT molecular complexity index is 594. The molecular weight excluding hydrogens is 284 g/mol. The van der Waals surface area contributed by atoms with Gasteiger partial charge in [0.15, 0.2) is 12.4 Å². The number of nitrogens with zero attached hydrogens (tertiary/aromatic N) is 1. The zero-order valence-corrected chi connectivity index (χ0v) is 12.8. The van der Waals surface area contributed by atoms with E-state index in [4.69, 9.17) is 4.74 Å². The first-order chi connectivity index (χ1) is 10.5. The summed E-state index contributed by atoms with van der Waals surface area (Å²) >= 11 is 0. The Morgan fingerprint density at radius 2 is 1.95 bits per heavy atom. The minimum Gasteiger partial charge on any atom is -0.482 e. The zero-order valence-electron chi connectivity index (χ0n) is 12.8. The Kier molecular flexibility index (Phi) is 5.14. The van der Waals surface area contributed by atoms with Gasteiger partial charge in [-0.3, -0.25) is 14.4 Å². The van der Waals surface area contributed by atoms with E-state index in [9.17, 15) is 14.4 Å². The van der Waals surface area contributed by atoms with Gasteiger partial charge < -0.3 is 15.0 Å². The molecule has 0 aliphatic carbocycles. The van der Waals surface area contributed by atoms with Crippen LogP contribution in [-0.4, -0.2) is 42.2 Å². The molecule has 2 rings (SSSR count). The van der Waals surface area contributed by atoms with Crippen LogP contribution in [0.4, 0.5) is 5.69 Å². The molecule has 0 atom stereocenters. The van der Waals surface area contributed by atoms with Crippen LogP contribution in [0.3, 0.4) is 0 Å². The molecule has 2 amide bonds. The van der Waals surface area contributed by atoms with Gasteiger partial charge in [0, 0.05) is 31.5 Å². The summed E-state index contributed by atoms with van der Waals surface area (Å²) in [6, 6.07) is 4.91. The quantitative estimate of drug-likeness (QED) is 0.814. The zero-order chi connectivity index (χ0) is 16.1. The fourth-order valence-electron chi connectivity index (χ4n) is 2.36. The lowest BCUT2D eigenvalue weighted by Crippen LogP contribution is -2.30. The molecule has 22 heavy (non-hydrogen) atoms. The fraction of sp³-hybridized carbons (Fsp3) is 0.438. The smallest absolute Gasteiger partial charge is 0.262 e. The number of amides is 2. The van der Waals surface area contributed by atoms with Crippen molar-refractivity contribution < 1.29 is 19.1 Å². The molecule has 0 saturated carbocycles. The molecule has 1 aromatic carbocycles. The first-order valence-corrected chi connectivity index (χ1v) is 7.42. The van der Waals surface area contributed by atoms with Gasteiger partial charge >= 0.3 is 0 Å². The third-order valence-corrected chi connectivity index (χ3v) is 3.62. The third-order valence-electron chi connectivity index (χ3n) is 3.62. The van der Waals surface area contributed by atoms with Gasteiger partial charge in [0.25, 0.3) is 5.91 Å². The lowest BCUT2D eigenvalue weighted by Gasteiger charge is -2.19. The van der Waals surface area contributed by atoms with Crippen LogP contribution >= 0.6 is 0 Å². The average molecular weight is 304 g/mol. The van der Waals surface area contributed by atoms with Gasteiger partial charge in [-0.25, -0.2) is 0 Å². The maximum Gasteiger partial charge on any atom is 0.262 e. The predicted octanol–water partition coefficient (Wildman–Crippen LogP) is 1.85. The summed E-state index contributed by atoms with van der Waals surface area (Å²) in [5.74, 6) is 0.167. The molecule has 6 nitrogen and oxygen atoms in total. The number of fused-ring (bicyclic) bond motifs is 1. The summed E-state index contributed by atoms with van der Waals surface area (Å²) in [7, 11) is 0. The Balaban J connectivity index is 2.00. The Hall–Kier alpha value is -2.37. The second-order valence-corrected chi connectivity index (χ2v) is 5.04. The molecule has 0 aromatic heterocycles. The number of anilines is 1. The van der Waals surface area contributed by atoms with Crippen molar-refractivity contribution in [2.24, 2.45) is 0 Å². The molecule has 1 heterocycles. The first kappa shape index (κ1) is 16.0. The van der Waals surface area contributed by atoms with Crippen molar-refractivity contribution in [3.8, 4) is 5.75 Å². The number of ketones is 1. The monoisotopic (exact) mass is 304 g/mol. The Morgan fingerprint density at radius 3 is 2.64 bits per heavy atom. The third kappa shape index (κ3) is 3.63. The van der Waals surface area contributed by atoms with Crippen LogP contribution in [0.1, 0.15) is 37.0 Å². The van der Waals surface area contributed by atoms with E-state index < -0.39 is 0 Å². The maximum atomic E-state index is 12.2. The normalized spacial score (nSPS) is 12.9. The van der Waals surface area contributed by atoms with Gasteiger partial charge in [0.1, 0.15) is 5.75 Å². The van der Waals surface area contributed by atoms with E-state index in [0.717, 1.165) is 0 Å². The SMILES string of the molecule is CCN(CC)C(=O)CCC(=O)c1ccc2c(c1)NC(=O)CO2. The van der Waals surface area contributed by atoms with Crippen molar-refractivity contribution in [3.05, 3.63) is 23.8 Å². The van der Waals surface area contributed by atoms with E-state index in [-0.39, 0.29) is 37.0 Å². The highest BCUT2D eigenvalue weighted by molar-refractivity contribution is 6.01. The molecule has 0 saturated heterocycles. The summed E-state index contributed by atoms with van der Waals surface area (Å²) in [4.78, 5) is 37.1. The number of rotatable bonds is 6. The van der Waals surface area contributed by atoms with E-state index in [2.05, 4.69) is 5.32 Å². The molecule has 1 aromatic rings. The minimum atomic E-state index is -0.242. The summed E-state index contributed by atoms with van der Waals surface area (Å²) in [6.45, 7) is 5.10. The van der Waals surface area contributed by atoms with Crippen molar-refractivity contribution in [3.63, 3.8) is 0 Å². The second-order valence-electron chi connectivity index (χ2n) is 5.04. The summed E-state index contributed by atoms with van der Waals surface area (Å²) in [5.41, 5.74) is 0.967. The van der Waals surface area contributed by atoms with E-state index >= 15 is 0 Å². The highest BCUT2D eigenvalue weighted by Crippen LogP contribution is 2.28. The number of hydrogen-bond donors (Lipinski definition) is 1. The molecule has 118 valence electrons. The molecule has 0 radical (unpaired) electrons. The van der Waals surface area contributed by atoms with Crippen LogP contribution in [-0.2, 0) is 9.59 Å². The molecule has 0 spiro atoms. The van der Waals surface area contributed by atoms with Gasteiger partial charge in [0.2, 0.25) is 5.91 Å². The van der Waals surface area contributed by atoms with Crippen molar-refractivity contribution in [2.75, 3.05) is 25.0 Å². The van der Waals surface area contributed by atoms with Crippen LogP contribution in [0.2, 0.25) is 0 Å². The molecule has 0 bridgehead atoms. The number of Topliss-reactive ketones (excluding diaryl/α,β-unsaturated/α-hetero) is 1. The standard InChI is InChI=1S/C16H20N2O4/c1-3-18(4-2)16(21)8-6-13(19)11-5-7-14-12(9-11)17-15(20)10-22-14/h5,7,9H,3-4,6,8,10H2,1-2H3,(H,17,20). The molecular formula is C16H20N2O4. The Labute approximate surface area is 129 Å². The highest BCUT2D eigenvalue weighted by atomic mass is 16.5. The van der Waals surface area contributed by atoms with Crippen molar-refractivity contribution in [2.45, 2.75) is 26.7 Å². The highest BCUT2D eigenvalue weighted by Gasteiger charge is 2.18. The molecule has 6 heteroatoms. The number of benzene rings is 1. The van der Waals surface area contributed by atoms with Crippen LogP contribution in [0.5, 0.6) is 5.75 Å². The number of carbonyl (C=O) groups excluding carboxylic acids is 3. The average Bonchev–Trinajstić information content (AvgIpc) is 2.53. The first-order valence-electron chi connectivity index (χ1n) is 7.42. The van der Waals surface area contributed by atoms with Crippen LogP contribution < -0.4 is 10.1 Å². The molecule has 0 unspecified atom stereocenters.